The van der Waals surface area contributed by atoms with Gasteiger partial charge in [0.15, 0.2) is 0 Å². The summed E-state index contributed by atoms with van der Waals surface area (Å²) in [6.07, 6.45) is 4.15. The maximum atomic E-state index is 13.4. The van der Waals surface area contributed by atoms with Crippen molar-refractivity contribution in [3.63, 3.8) is 0 Å². The van der Waals surface area contributed by atoms with Gasteiger partial charge in [-0.3, -0.25) is 9.78 Å². The molecule has 1 aromatic carbocycles. The van der Waals surface area contributed by atoms with Crippen LogP contribution in [0.3, 0.4) is 0 Å². The molecule has 0 saturated carbocycles. The zero-order chi connectivity index (χ0) is 13.7. The smallest absolute Gasteiger partial charge is 0.267 e. The average Bonchev–Trinajstić information content (AvgIpc) is 2.43. The molecule has 0 aliphatic rings. The normalized spacial score (nSPS) is 10.6. The number of hydrogen-bond donors (Lipinski definition) is 1. The van der Waals surface area contributed by atoms with E-state index in [1.165, 1.54) is 30.6 Å². The van der Waals surface area contributed by atoms with Gasteiger partial charge in [-0.25, -0.2) is 9.82 Å². The van der Waals surface area contributed by atoms with Gasteiger partial charge in [-0.15, -0.1) is 0 Å². The summed E-state index contributed by atoms with van der Waals surface area (Å²) < 4.78 is 13.4. The summed E-state index contributed by atoms with van der Waals surface area (Å²) in [7, 11) is 0. The van der Waals surface area contributed by atoms with Gasteiger partial charge < -0.3 is 0 Å². The van der Waals surface area contributed by atoms with Crippen molar-refractivity contribution in [2.24, 2.45) is 5.10 Å². The summed E-state index contributed by atoms with van der Waals surface area (Å²) >= 11 is 5.81. The molecule has 0 aliphatic heterocycles. The van der Waals surface area contributed by atoms with E-state index >= 15 is 0 Å². The fourth-order valence-electron chi connectivity index (χ4n) is 1.36. The number of nitrogens with zero attached hydrogens (tertiary/aromatic N) is 2. The highest BCUT2D eigenvalue weighted by atomic mass is 35.5. The van der Waals surface area contributed by atoms with E-state index in [1.54, 1.807) is 12.1 Å². The molecule has 0 atom stereocenters. The summed E-state index contributed by atoms with van der Waals surface area (Å²) in [6.45, 7) is 0. The molecule has 1 heterocycles. The van der Waals surface area contributed by atoms with E-state index in [0.29, 0.717) is 5.56 Å². The first-order valence-corrected chi connectivity index (χ1v) is 5.73. The fourth-order valence-corrected chi connectivity index (χ4v) is 1.57. The molecule has 19 heavy (non-hydrogen) atoms. The first kappa shape index (κ1) is 13.2. The van der Waals surface area contributed by atoms with Gasteiger partial charge in [0, 0.05) is 23.5 Å². The van der Waals surface area contributed by atoms with E-state index in [-0.39, 0.29) is 10.6 Å². The molecule has 2 rings (SSSR count). The molecular formula is C13H9ClFN3O. The molecule has 0 fully saturated rings. The molecule has 0 aliphatic carbocycles. The molecule has 0 bridgehead atoms. The topological polar surface area (TPSA) is 54.4 Å². The van der Waals surface area contributed by atoms with Gasteiger partial charge in [-0.05, 0) is 24.3 Å². The van der Waals surface area contributed by atoms with Gasteiger partial charge in [0.25, 0.3) is 5.91 Å². The van der Waals surface area contributed by atoms with E-state index in [9.17, 15) is 9.18 Å². The standard InChI is InChI=1S/C13H9ClFN3O/c14-11-2-1-3-12(15)10(11)8-17-18-13(19)9-4-6-16-7-5-9/h1-8H,(H,18,19)/b17-8-. The first-order chi connectivity index (χ1) is 9.18. The molecule has 0 spiro atoms. The van der Waals surface area contributed by atoms with Gasteiger partial charge >= 0.3 is 0 Å². The number of carbonyl (C=O) groups excluding carboxylic acids is 1. The maximum Gasteiger partial charge on any atom is 0.271 e. The number of benzene rings is 1. The van der Waals surface area contributed by atoms with Crippen LogP contribution in [-0.4, -0.2) is 17.1 Å². The van der Waals surface area contributed by atoms with E-state index in [2.05, 4.69) is 15.5 Å². The molecule has 0 unspecified atom stereocenters. The van der Waals surface area contributed by atoms with E-state index < -0.39 is 11.7 Å². The van der Waals surface area contributed by atoms with Crippen molar-refractivity contribution in [2.75, 3.05) is 0 Å². The minimum atomic E-state index is -0.505. The molecular weight excluding hydrogens is 269 g/mol. The lowest BCUT2D eigenvalue weighted by molar-refractivity contribution is 0.0955. The van der Waals surface area contributed by atoms with Crippen molar-refractivity contribution < 1.29 is 9.18 Å². The Morgan fingerprint density at radius 3 is 2.74 bits per heavy atom. The average molecular weight is 278 g/mol. The number of rotatable bonds is 3. The van der Waals surface area contributed by atoms with Crippen LogP contribution in [0.5, 0.6) is 0 Å². The van der Waals surface area contributed by atoms with Gasteiger partial charge in [-0.2, -0.15) is 5.10 Å². The van der Waals surface area contributed by atoms with Crippen LogP contribution in [0.2, 0.25) is 5.02 Å². The molecule has 6 heteroatoms. The predicted molar refractivity (Wildman–Crippen MR) is 70.7 cm³/mol. The van der Waals surface area contributed by atoms with E-state index in [0.717, 1.165) is 6.21 Å². The van der Waals surface area contributed by atoms with Crippen LogP contribution in [0.15, 0.2) is 47.8 Å². The second-order valence-electron chi connectivity index (χ2n) is 3.57. The highest BCUT2D eigenvalue weighted by Gasteiger charge is 2.05. The van der Waals surface area contributed by atoms with Crippen LogP contribution < -0.4 is 5.43 Å². The summed E-state index contributed by atoms with van der Waals surface area (Å²) in [5, 5.41) is 3.89. The Hall–Kier alpha value is -2.27. The van der Waals surface area contributed by atoms with Gasteiger partial charge in [0.1, 0.15) is 5.82 Å². The van der Waals surface area contributed by atoms with Crippen LogP contribution in [0, 0.1) is 5.82 Å². The largest absolute Gasteiger partial charge is 0.271 e. The molecule has 0 saturated heterocycles. The zero-order valence-electron chi connectivity index (χ0n) is 9.68. The first-order valence-electron chi connectivity index (χ1n) is 5.36. The van der Waals surface area contributed by atoms with E-state index in [1.807, 2.05) is 0 Å². The van der Waals surface area contributed by atoms with Gasteiger partial charge in [0.2, 0.25) is 0 Å². The Morgan fingerprint density at radius 2 is 2.05 bits per heavy atom. The second kappa shape index (κ2) is 6.06. The number of amides is 1. The van der Waals surface area contributed by atoms with Crippen LogP contribution in [-0.2, 0) is 0 Å². The third-order valence-corrected chi connectivity index (χ3v) is 2.63. The summed E-state index contributed by atoms with van der Waals surface area (Å²) in [4.78, 5) is 15.4. The van der Waals surface area contributed by atoms with Crippen LogP contribution >= 0.6 is 11.6 Å². The third kappa shape index (κ3) is 3.35. The lowest BCUT2D eigenvalue weighted by Gasteiger charge is -2.00. The monoisotopic (exact) mass is 277 g/mol. The van der Waals surface area contributed by atoms with Crippen LogP contribution in [0.4, 0.5) is 4.39 Å². The summed E-state index contributed by atoms with van der Waals surface area (Å²) in [5.41, 5.74) is 2.81. The van der Waals surface area contributed by atoms with Crippen molar-refractivity contribution in [3.05, 3.63) is 64.7 Å². The van der Waals surface area contributed by atoms with Crippen LogP contribution in [0.1, 0.15) is 15.9 Å². The minimum Gasteiger partial charge on any atom is -0.267 e. The number of halogens is 2. The van der Waals surface area contributed by atoms with Crippen LogP contribution in [0.25, 0.3) is 0 Å². The van der Waals surface area contributed by atoms with E-state index in [4.69, 9.17) is 11.6 Å². The zero-order valence-corrected chi connectivity index (χ0v) is 10.4. The molecule has 96 valence electrons. The van der Waals surface area contributed by atoms with Crippen molar-refractivity contribution in [1.82, 2.24) is 10.4 Å². The van der Waals surface area contributed by atoms with Gasteiger partial charge in [0.05, 0.1) is 11.2 Å². The lowest BCUT2D eigenvalue weighted by atomic mass is 10.2. The Bertz CT molecular complexity index is 596. The fraction of sp³-hybridized carbons (Fsp3) is 0. The molecule has 1 N–H and O–H groups in total. The van der Waals surface area contributed by atoms with Crippen molar-refractivity contribution >= 4 is 23.7 Å². The Labute approximate surface area is 113 Å². The number of pyridine rings is 1. The molecule has 1 amide bonds. The molecule has 0 radical (unpaired) electrons. The molecule has 4 nitrogen and oxygen atoms in total. The number of aromatic nitrogens is 1. The maximum absolute atomic E-state index is 13.4. The highest BCUT2D eigenvalue weighted by molar-refractivity contribution is 6.33. The quantitative estimate of drug-likeness (QED) is 0.693. The van der Waals surface area contributed by atoms with Gasteiger partial charge in [-0.1, -0.05) is 17.7 Å². The molecule has 2 aromatic rings. The van der Waals surface area contributed by atoms with Crippen molar-refractivity contribution in [1.29, 1.82) is 0 Å². The molecule has 1 aromatic heterocycles. The second-order valence-corrected chi connectivity index (χ2v) is 3.98. The number of hydrazone groups is 1. The lowest BCUT2D eigenvalue weighted by Crippen LogP contribution is -2.17. The van der Waals surface area contributed by atoms with Crippen molar-refractivity contribution in [2.45, 2.75) is 0 Å². The third-order valence-electron chi connectivity index (χ3n) is 2.30. The number of hydrogen-bond acceptors (Lipinski definition) is 3. The highest BCUT2D eigenvalue weighted by Crippen LogP contribution is 2.16. The summed E-state index contributed by atoms with van der Waals surface area (Å²) in [6, 6.07) is 7.38. The predicted octanol–water partition coefficient (Wildman–Crippen LogP) is 2.64. The SMILES string of the molecule is O=C(N/N=C\c1c(F)cccc1Cl)c1ccncc1. The van der Waals surface area contributed by atoms with Crippen molar-refractivity contribution in [3.8, 4) is 0 Å². The Balaban J connectivity index is 2.07. The number of nitrogens with one attached hydrogen (secondary N) is 1. The minimum absolute atomic E-state index is 0.124. The Kier molecular flexibility index (Phi) is 4.20. The Morgan fingerprint density at radius 1 is 1.32 bits per heavy atom. The summed E-state index contributed by atoms with van der Waals surface area (Å²) in [5.74, 6) is -0.916. The number of carbonyl (C=O) groups is 1.